The molecule has 5 nitrogen and oxygen atoms in total. The number of carbonyl (C=O) groups excluding carboxylic acids is 3. The molecule has 0 aliphatic carbocycles. The minimum atomic E-state index is -3.60. The van der Waals surface area contributed by atoms with Crippen LogP contribution in [0.25, 0.3) is 0 Å². The van der Waals surface area contributed by atoms with Gasteiger partial charge in [0.25, 0.3) is 0 Å². The highest BCUT2D eigenvalue weighted by Crippen LogP contribution is 2.30. The third-order valence-electron chi connectivity index (χ3n) is 5.42. The Bertz CT molecular complexity index is 792. The van der Waals surface area contributed by atoms with Crippen molar-refractivity contribution in [3.8, 4) is 0 Å². The van der Waals surface area contributed by atoms with Crippen LogP contribution in [-0.4, -0.2) is 41.3 Å². The number of allylic oxidation sites excluding steroid dienone is 1. The lowest BCUT2D eigenvalue weighted by Crippen LogP contribution is -2.43. The van der Waals surface area contributed by atoms with Crippen LogP contribution in [0.2, 0.25) is 0 Å². The first-order chi connectivity index (χ1) is 15.2. The van der Waals surface area contributed by atoms with Gasteiger partial charge in [0.15, 0.2) is 0 Å². The molecule has 1 aromatic rings. The lowest BCUT2D eigenvalue weighted by molar-refractivity contribution is -0.147. The maximum absolute atomic E-state index is 14.4. The highest BCUT2D eigenvalue weighted by Gasteiger charge is 2.39. The number of ketones is 1. The van der Waals surface area contributed by atoms with E-state index in [1.807, 2.05) is 13.8 Å². The summed E-state index contributed by atoms with van der Waals surface area (Å²) in [5.74, 6) is -5.10. The smallest absolute Gasteiger partial charge is 0.334 e. The molecule has 1 aliphatic rings. The summed E-state index contributed by atoms with van der Waals surface area (Å²) in [6, 6.07) is 6.65. The van der Waals surface area contributed by atoms with Gasteiger partial charge in [-0.25, -0.2) is 0 Å². The Labute approximate surface area is 188 Å². The number of carbonyl (C=O) groups is 3. The van der Waals surface area contributed by atoms with Gasteiger partial charge in [-0.05, 0) is 45.6 Å². The van der Waals surface area contributed by atoms with Gasteiger partial charge >= 0.3 is 11.9 Å². The Balaban J connectivity index is 1.84. The minimum Gasteiger partial charge on any atom is -0.463 e. The Kier molecular flexibility index (Phi) is 10.0. The fourth-order valence-corrected chi connectivity index (χ4v) is 3.76. The molecular weight excluding hydrogens is 416 g/mol. The zero-order valence-corrected chi connectivity index (χ0v) is 18.9. The van der Waals surface area contributed by atoms with Gasteiger partial charge in [0.05, 0.1) is 12.1 Å². The zero-order chi connectivity index (χ0) is 23.6. The van der Waals surface area contributed by atoms with E-state index in [0.717, 1.165) is 31.8 Å². The summed E-state index contributed by atoms with van der Waals surface area (Å²) in [4.78, 5) is 37.8. The molecular formula is C25H33F2NO4. The first-order valence-electron chi connectivity index (χ1n) is 11.4. The number of halogens is 2. The maximum atomic E-state index is 14.4. The summed E-state index contributed by atoms with van der Waals surface area (Å²) in [6.45, 7) is 4.14. The van der Waals surface area contributed by atoms with Crippen molar-refractivity contribution in [1.29, 1.82) is 0 Å². The third kappa shape index (κ3) is 7.84. The average Bonchev–Trinajstić information content (AvgIpc) is 2.75. The molecule has 1 aromatic carbocycles. The number of hydrogen-bond acceptors (Lipinski definition) is 4. The number of likely N-dealkylation sites (tertiary alicyclic amines) is 1. The van der Waals surface area contributed by atoms with Crippen LogP contribution in [0.3, 0.4) is 0 Å². The molecule has 0 N–H and O–H groups in total. The van der Waals surface area contributed by atoms with Crippen LogP contribution in [0.1, 0.15) is 70.8 Å². The van der Waals surface area contributed by atoms with Crippen LogP contribution in [0.4, 0.5) is 8.78 Å². The first-order valence-corrected chi connectivity index (χ1v) is 11.4. The summed E-state index contributed by atoms with van der Waals surface area (Å²) in [5.41, 5.74) is -0.344. The Morgan fingerprint density at radius 1 is 1.16 bits per heavy atom. The molecule has 0 saturated carbocycles. The van der Waals surface area contributed by atoms with E-state index >= 15 is 0 Å². The van der Waals surface area contributed by atoms with E-state index in [1.165, 1.54) is 30.3 Å². The molecule has 32 heavy (non-hydrogen) atoms. The van der Waals surface area contributed by atoms with Crippen LogP contribution in [0, 0.1) is 0 Å². The summed E-state index contributed by atoms with van der Waals surface area (Å²) < 4.78 is 33.9. The highest BCUT2D eigenvalue weighted by molar-refractivity contribution is 5.96. The molecule has 1 atom stereocenters. The van der Waals surface area contributed by atoms with Crippen molar-refractivity contribution in [3.05, 3.63) is 48.0 Å². The second kappa shape index (κ2) is 12.5. The van der Waals surface area contributed by atoms with E-state index in [4.69, 9.17) is 4.74 Å². The Morgan fingerprint density at radius 3 is 2.53 bits per heavy atom. The van der Waals surface area contributed by atoms with Crippen molar-refractivity contribution in [2.24, 2.45) is 0 Å². The van der Waals surface area contributed by atoms with Gasteiger partial charge in [-0.15, -0.1) is 0 Å². The van der Waals surface area contributed by atoms with Gasteiger partial charge in [0.1, 0.15) is 0 Å². The van der Waals surface area contributed by atoms with E-state index in [9.17, 15) is 23.2 Å². The molecule has 1 unspecified atom stereocenters. The van der Waals surface area contributed by atoms with E-state index in [2.05, 4.69) is 0 Å². The number of amides is 1. The number of rotatable bonds is 12. The summed E-state index contributed by atoms with van der Waals surface area (Å²) in [7, 11) is 0. The van der Waals surface area contributed by atoms with Crippen LogP contribution in [0.5, 0.6) is 0 Å². The van der Waals surface area contributed by atoms with Gasteiger partial charge in [-0.1, -0.05) is 49.2 Å². The van der Waals surface area contributed by atoms with Crippen molar-refractivity contribution < 1.29 is 27.9 Å². The lowest BCUT2D eigenvalue weighted by atomic mass is 9.98. The maximum Gasteiger partial charge on any atom is 0.334 e. The molecule has 2 rings (SSSR count). The SMILES string of the molecule is CC(C)OC(=O)CCCCCCN1C(=O)CCCC1C=CC(=O)C(F)(F)c1ccccc1. The normalized spacial score (nSPS) is 17.2. The second-order valence-electron chi connectivity index (χ2n) is 8.41. The lowest BCUT2D eigenvalue weighted by Gasteiger charge is -2.34. The van der Waals surface area contributed by atoms with Crippen molar-refractivity contribution in [1.82, 2.24) is 4.90 Å². The summed E-state index contributed by atoms with van der Waals surface area (Å²) in [5, 5.41) is 0. The minimum absolute atomic E-state index is 0.0197. The molecule has 1 saturated heterocycles. The monoisotopic (exact) mass is 449 g/mol. The van der Waals surface area contributed by atoms with Gasteiger partial charge in [-0.2, -0.15) is 8.78 Å². The molecule has 1 amide bonds. The number of nitrogens with zero attached hydrogens (tertiary/aromatic N) is 1. The van der Waals surface area contributed by atoms with Crippen LogP contribution >= 0.6 is 0 Å². The van der Waals surface area contributed by atoms with Crippen LogP contribution in [0.15, 0.2) is 42.5 Å². The van der Waals surface area contributed by atoms with E-state index in [1.54, 1.807) is 11.0 Å². The quantitative estimate of drug-likeness (QED) is 0.250. The third-order valence-corrected chi connectivity index (χ3v) is 5.42. The molecule has 0 bridgehead atoms. The predicted octanol–water partition coefficient (Wildman–Crippen LogP) is 5.19. The predicted molar refractivity (Wildman–Crippen MR) is 118 cm³/mol. The molecule has 7 heteroatoms. The Hall–Kier alpha value is -2.57. The number of alkyl halides is 2. The number of benzene rings is 1. The van der Waals surface area contributed by atoms with E-state index < -0.39 is 11.7 Å². The largest absolute Gasteiger partial charge is 0.463 e. The van der Waals surface area contributed by atoms with Gasteiger partial charge < -0.3 is 9.64 Å². The topological polar surface area (TPSA) is 63.7 Å². The molecule has 1 aliphatic heterocycles. The molecule has 0 radical (unpaired) electrons. The Morgan fingerprint density at radius 2 is 1.84 bits per heavy atom. The average molecular weight is 450 g/mol. The van der Waals surface area contributed by atoms with E-state index in [0.29, 0.717) is 32.2 Å². The standard InChI is InChI=1S/C25H33F2NO4/c1-19(2)32-24(31)15-8-3-4-9-18-28-21(13-10-14-23(28)30)16-17-22(29)25(26,27)20-11-6-5-7-12-20/h5-7,11-12,16-17,19,21H,3-4,8-10,13-15,18H2,1-2H3. The molecule has 176 valence electrons. The summed E-state index contributed by atoms with van der Waals surface area (Å²) >= 11 is 0. The van der Waals surface area contributed by atoms with Crippen molar-refractivity contribution >= 4 is 17.7 Å². The first kappa shape index (κ1) is 25.7. The van der Waals surface area contributed by atoms with Crippen LogP contribution < -0.4 is 0 Å². The van der Waals surface area contributed by atoms with Gasteiger partial charge in [0.2, 0.25) is 11.7 Å². The summed E-state index contributed by atoms with van der Waals surface area (Å²) in [6.07, 6.45) is 7.55. The fraction of sp³-hybridized carbons (Fsp3) is 0.560. The van der Waals surface area contributed by atoms with Gasteiger partial charge in [0, 0.05) is 24.9 Å². The molecule has 1 heterocycles. The molecule has 0 spiro atoms. The van der Waals surface area contributed by atoms with Crippen molar-refractivity contribution in [3.63, 3.8) is 0 Å². The van der Waals surface area contributed by atoms with Gasteiger partial charge in [-0.3, -0.25) is 14.4 Å². The zero-order valence-electron chi connectivity index (χ0n) is 18.9. The molecule has 1 fully saturated rings. The molecule has 0 aromatic heterocycles. The fourth-order valence-electron chi connectivity index (χ4n) is 3.76. The number of hydrogen-bond donors (Lipinski definition) is 0. The van der Waals surface area contributed by atoms with Crippen molar-refractivity contribution in [2.75, 3.05) is 6.54 Å². The van der Waals surface area contributed by atoms with E-state index in [-0.39, 0.29) is 29.6 Å². The highest BCUT2D eigenvalue weighted by atomic mass is 19.3. The number of ether oxygens (including phenoxy) is 1. The second-order valence-corrected chi connectivity index (χ2v) is 8.41. The number of piperidine rings is 1. The van der Waals surface area contributed by atoms with Crippen LogP contribution in [-0.2, 0) is 25.0 Å². The number of esters is 1. The van der Waals surface area contributed by atoms with Crippen molar-refractivity contribution in [2.45, 2.75) is 83.3 Å². The number of unbranched alkanes of at least 4 members (excludes halogenated alkanes) is 3.